The van der Waals surface area contributed by atoms with Crippen molar-refractivity contribution in [1.82, 2.24) is 5.32 Å². The van der Waals surface area contributed by atoms with E-state index in [-0.39, 0.29) is 11.7 Å². The van der Waals surface area contributed by atoms with Gasteiger partial charge < -0.3 is 10.1 Å². The molecule has 2 aliphatic rings. The zero-order chi connectivity index (χ0) is 21.5. The summed E-state index contributed by atoms with van der Waals surface area (Å²) in [6.45, 7) is 5.75. The predicted octanol–water partition coefficient (Wildman–Crippen LogP) is 4.19. The van der Waals surface area contributed by atoms with Gasteiger partial charge in [-0.15, -0.1) is 0 Å². The fourth-order valence-electron chi connectivity index (χ4n) is 4.33. The van der Waals surface area contributed by atoms with E-state index in [1.165, 1.54) is 0 Å². The number of aryl methyl sites for hydroxylation is 3. The lowest BCUT2D eigenvalue weighted by atomic mass is 9.79. The molecule has 2 aromatic rings. The fourth-order valence-corrected chi connectivity index (χ4v) is 4.33. The number of hydrogen-bond acceptors (Lipinski definition) is 4. The number of nitrogens with one attached hydrogen (secondary N) is 1. The minimum absolute atomic E-state index is 0.166. The molecule has 1 heterocycles. The van der Waals surface area contributed by atoms with Gasteiger partial charge in [-0.3, -0.25) is 9.59 Å². The first-order chi connectivity index (χ1) is 14.3. The van der Waals surface area contributed by atoms with E-state index in [1.807, 2.05) is 51.1 Å². The molecular formula is C25H25NO4. The molecule has 1 amide bonds. The quantitative estimate of drug-likeness (QED) is 0.780. The maximum absolute atomic E-state index is 13.1. The van der Waals surface area contributed by atoms with Gasteiger partial charge in [0.1, 0.15) is 17.1 Å². The monoisotopic (exact) mass is 403 g/mol. The SMILES string of the molecule is Cc1ccc(C)c(C2=C(OC(=O)c3ccccc3C)C3(CCC(=O)CC3)NC2=O)c1. The summed E-state index contributed by atoms with van der Waals surface area (Å²) in [6.07, 6.45) is 1.57. The Bertz CT molecular complexity index is 1090. The molecular weight excluding hydrogens is 378 g/mol. The maximum atomic E-state index is 13.1. The Morgan fingerprint density at radius 1 is 0.967 bits per heavy atom. The van der Waals surface area contributed by atoms with Gasteiger partial charge in [-0.05, 0) is 56.4 Å². The van der Waals surface area contributed by atoms with E-state index < -0.39 is 11.5 Å². The van der Waals surface area contributed by atoms with E-state index >= 15 is 0 Å². The number of Topliss-reactive ketones (excluding diaryl/α,β-unsaturated/α-hetero) is 1. The standard InChI is InChI=1S/C25H25NO4/c1-15-8-9-17(3)20(14-15)21-22(30-24(29)19-7-5-4-6-16(19)2)25(26-23(21)28)12-10-18(27)11-13-25/h4-9,14H,10-13H2,1-3H3,(H,26,28). The predicted molar refractivity (Wildman–Crippen MR) is 114 cm³/mol. The fraction of sp³-hybridized carbons (Fsp3) is 0.320. The van der Waals surface area contributed by atoms with Gasteiger partial charge in [0.2, 0.25) is 0 Å². The molecule has 4 rings (SSSR count). The summed E-state index contributed by atoms with van der Waals surface area (Å²) in [6, 6.07) is 13.1. The highest BCUT2D eigenvalue weighted by atomic mass is 16.5. The molecule has 2 aromatic carbocycles. The average Bonchev–Trinajstić information content (AvgIpc) is 2.97. The molecule has 5 nitrogen and oxygen atoms in total. The van der Waals surface area contributed by atoms with Gasteiger partial charge in [0.15, 0.2) is 0 Å². The highest BCUT2D eigenvalue weighted by Gasteiger charge is 2.50. The first-order valence-corrected chi connectivity index (χ1v) is 10.3. The van der Waals surface area contributed by atoms with Crippen LogP contribution in [-0.2, 0) is 14.3 Å². The van der Waals surface area contributed by atoms with E-state index in [2.05, 4.69) is 5.32 Å². The Balaban J connectivity index is 1.85. The third-order valence-corrected chi connectivity index (χ3v) is 6.12. The van der Waals surface area contributed by atoms with E-state index in [0.717, 1.165) is 22.3 Å². The number of carbonyl (C=O) groups is 3. The number of carbonyl (C=O) groups excluding carboxylic acids is 3. The topological polar surface area (TPSA) is 72.5 Å². The molecule has 0 atom stereocenters. The molecule has 5 heteroatoms. The van der Waals surface area contributed by atoms with Crippen molar-refractivity contribution in [2.75, 3.05) is 0 Å². The lowest BCUT2D eigenvalue weighted by molar-refractivity contribution is -0.123. The van der Waals surface area contributed by atoms with E-state index in [1.54, 1.807) is 12.1 Å². The second-order valence-electron chi connectivity index (χ2n) is 8.30. The molecule has 0 radical (unpaired) electrons. The van der Waals surface area contributed by atoms with Crippen LogP contribution >= 0.6 is 0 Å². The zero-order valence-corrected chi connectivity index (χ0v) is 17.5. The summed E-state index contributed by atoms with van der Waals surface area (Å²) in [5, 5.41) is 3.06. The highest BCUT2D eigenvalue weighted by Crippen LogP contribution is 2.43. The van der Waals surface area contributed by atoms with Crippen molar-refractivity contribution < 1.29 is 19.1 Å². The maximum Gasteiger partial charge on any atom is 0.343 e. The summed E-state index contributed by atoms with van der Waals surface area (Å²) in [4.78, 5) is 38.1. The number of benzene rings is 2. The van der Waals surface area contributed by atoms with Crippen molar-refractivity contribution in [3.63, 3.8) is 0 Å². The van der Waals surface area contributed by atoms with Gasteiger partial charge in [0.25, 0.3) is 5.91 Å². The Morgan fingerprint density at radius 2 is 1.67 bits per heavy atom. The van der Waals surface area contributed by atoms with Crippen LogP contribution in [0.15, 0.2) is 48.2 Å². The average molecular weight is 403 g/mol. The van der Waals surface area contributed by atoms with Crippen LogP contribution in [-0.4, -0.2) is 23.2 Å². The molecule has 1 aliphatic heterocycles. The molecule has 30 heavy (non-hydrogen) atoms. The molecule has 1 spiro atoms. The molecule has 1 N–H and O–H groups in total. The van der Waals surface area contributed by atoms with Crippen LogP contribution in [0.1, 0.15) is 58.3 Å². The first kappa shape index (κ1) is 20.1. The minimum Gasteiger partial charge on any atom is -0.424 e. The summed E-state index contributed by atoms with van der Waals surface area (Å²) in [7, 11) is 0. The molecule has 1 saturated carbocycles. The Morgan fingerprint density at radius 3 is 2.37 bits per heavy atom. The largest absolute Gasteiger partial charge is 0.424 e. The summed E-state index contributed by atoms with van der Waals surface area (Å²) < 4.78 is 5.99. The van der Waals surface area contributed by atoms with Crippen molar-refractivity contribution >= 4 is 23.2 Å². The Kier molecular flexibility index (Phi) is 5.06. The number of esters is 1. The minimum atomic E-state index is -0.825. The van der Waals surface area contributed by atoms with E-state index in [4.69, 9.17) is 4.74 Å². The summed E-state index contributed by atoms with van der Waals surface area (Å²) in [5.74, 6) is -0.231. The van der Waals surface area contributed by atoms with Crippen molar-refractivity contribution in [2.45, 2.75) is 52.0 Å². The summed E-state index contributed by atoms with van der Waals surface area (Å²) >= 11 is 0. The van der Waals surface area contributed by atoms with Gasteiger partial charge in [-0.1, -0.05) is 42.0 Å². The number of amides is 1. The molecule has 0 aromatic heterocycles. The van der Waals surface area contributed by atoms with Gasteiger partial charge in [-0.2, -0.15) is 0 Å². The van der Waals surface area contributed by atoms with Crippen molar-refractivity contribution in [3.8, 4) is 0 Å². The molecule has 0 bridgehead atoms. The van der Waals surface area contributed by atoms with Crippen LogP contribution in [0.2, 0.25) is 0 Å². The second-order valence-corrected chi connectivity index (χ2v) is 8.30. The Hall–Kier alpha value is -3.21. The normalized spacial score (nSPS) is 18.0. The third kappa shape index (κ3) is 3.45. The van der Waals surface area contributed by atoms with Gasteiger partial charge in [-0.25, -0.2) is 4.79 Å². The number of ketones is 1. The lowest BCUT2D eigenvalue weighted by Gasteiger charge is -2.34. The van der Waals surface area contributed by atoms with Crippen molar-refractivity contribution in [3.05, 3.63) is 76.0 Å². The molecule has 1 fully saturated rings. The van der Waals surface area contributed by atoms with Crippen LogP contribution in [0.4, 0.5) is 0 Å². The third-order valence-electron chi connectivity index (χ3n) is 6.12. The number of hydrogen-bond donors (Lipinski definition) is 1. The highest BCUT2D eigenvalue weighted by molar-refractivity contribution is 6.24. The number of ether oxygens (including phenoxy) is 1. The van der Waals surface area contributed by atoms with Crippen LogP contribution in [0.25, 0.3) is 5.57 Å². The second kappa shape index (κ2) is 7.56. The van der Waals surface area contributed by atoms with Crippen LogP contribution in [0.3, 0.4) is 0 Å². The molecule has 0 unspecified atom stereocenters. The molecule has 1 aliphatic carbocycles. The zero-order valence-electron chi connectivity index (χ0n) is 17.5. The van der Waals surface area contributed by atoms with Gasteiger partial charge >= 0.3 is 5.97 Å². The summed E-state index contributed by atoms with van der Waals surface area (Å²) in [5.41, 5.74) is 3.54. The van der Waals surface area contributed by atoms with Crippen molar-refractivity contribution in [2.24, 2.45) is 0 Å². The van der Waals surface area contributed by atoms with Crippen molar-refractivity contribution in [1.29, 1.82) is 0 Å². The van der Waals surface area contributed by atoms with Gasteiger partial charge in [0, 0.05) is 12.8 Å². The van der Waals surface area contributed by atoms with Crippen LogP contribution < -0.4 is 5.32 Å². The Labute approximate surface area is 176 Å². The van der Waals surface area contributed by atoms with E-state index in [9.17, 15) is 14.4 Å². The van der Waals surface area contributed by atoms with Crippen LogP contribution in [0, 0.1) is 20.8 Å². The smallest absolute Gasteiger partial charge is 0.343 e. The van der Waals surface area contributed by atoms with Gasteiger partial charge in [0.05, 0.1) is 11.1 Å². The van der Waals surface area contributed by atoms with Crippen LogP contribution in [0.5, 0.6) is 0 Å². The molecule has 0 saturated heterocycles. The van der Waals surface area contributed by atoms with E-state index in [0.29, 0.717) is 42.6 Å². The first-order valence-electron chi connectivity index (χ1n) is 10.3. The number of rotatable bonds is 3. The lowest BCUT2D eigenvalue weighted by Crippen LogP contribution is -2.48. The molecule has 154 valence electrons.